The molecule has 30 heavy (non-hydrogen) atoms. The maximum Gasteiger partial charge on any atom is 0.241 e. The normalized spacial score (nSPS) is 12.8. The van der Waals surface area contributed by atoms with E-state index in [0.717, 1.165) is 11.0 Å². The summed E-state index contributed by atoms with van der Waals surface area (Å²) in [5, 5.41) is 21.6. The van der Waals surface area contributed by atoms with Crippen molar-refractivity contribution in [2.75, 3.05) is 17.6 Å². The Hall–Kier alpha value is -4.10. The molecule has 10 heteroatoms. The molecule has 0 radical (unpaired) electrons. The number of anilines is 2. The number of nitrogens with one attached hydrogen (secondary N) is 1. The lowest BCUT2D eigenvalue weighted by Gasteiger charge is -2.14. The summed E-state index contributed by atoms with van der Waals surface area (Å²) >= 11 is 0. The maximum atomic E-state index is 10.7. The summed E-state index contributed by atoms with van der Waals surface area (Å²) in [7, 11) is 0. The zero-order valence-corrected chi connectivity index (χ0v) is 16.4. The van der Waals surface area contributed by atoms with E-state index in [9.17, 15) is 5.11 Å². The number of hydrogen-bond acceptors (Lipinski definition) is 9. The van der Waals surface area contributed by atoms with Crippen molar-refractivity contribution in [1.29, 1.82) is 0 Å². The number of imidazole rings is 1. The van der Waals surface area contributed by atoms with Crippen LogP contribution in [0.1, 0.15) is 25.1 Å². The first-order valence-corrected chi connectivity index (χ1v) is 9.23. The minimum atomic E-state index is -1.44. The van der Waals surface area contributed by atoms with Gasteiger partial charge < -0.3 is 16.2 Å². The van der Waals surface area contributed by atoms with Crippen LogP contribution in [0.5, 0.6) is 0 Å². The molecular formula is C20H19N9O. The number of aromatic nitrogens is 7. The minimum Gasteiger partial charge on any atom is -0.372 e. The van der Waals surface area contributed by atoms with Gasteiger partial charge in [-0.25, -0.2) is 19.5 Å². The van der Waals surface area contributed by atoms with Crippen molar-refractivity contribution in [2.45, 2.75) is 19.4 Å². The lowest BCUT2D eigenvalue weighted by Crippen LogP contribution is -2.20. The lowest BCUT2D eigenvalue weighted by molar-refractivity contribution is 0.116. The van der Waals surface area contributed by atoms with Crippen molar-refractivity contribution in [3.8, 4) is 17.8 Å². The highest BCUT2D eigenvalue weighted by atomic mass is 16.3. The van der Waals surface area contributed by atoms with Gasteiger partial charge in [-0.05, 0) is 44.2 Å². The van der Waals surface area contributed by atoms with Gasteiger partial charge in [0.15, 0.2) is 5.60 Å². The molecule has 4 rings (SSSR count). The Kier molecular flexibility index (Phi) is 4.95. The SMILES string of the molecule is CCNc1nc2ccc(C#CC(C)(O)c3cccnn3)cc2n1-c1ncnc(N)n1. The first-order chi connectivity index (χ1) is 14.5. The van der Waals surface area contributed by atoms with Crippen molar-refractivity contribution in [2.24, 2.45) is 0 Å². The molecule has 1 aromatic carbocycles. The zero-order chi connectivity index (χ0) is 21.1. The van der Waals surface area contributed by atoms with Gasteiger partial charge in [-0.15, -0.1) is 0 Å². The highest BCUT2D eigenvalue weighted by Gasteiger charge is 2.22. The predicted molar refractivity (Wildman–Crippen MR) is 112 cm³/mol. The van der Waals surface area contributed by atoms with Crippen LogP contribution < -0.4 is 11.1 Å². The molecule has 4 N–H and O–H groups in total. The Bertz CT molecular complexity index is 1260. The molecule has 0 aliphatic heterocycles. The molecule has 10 nitrogen and oxygen atoms in total. The summed E-state index contributed by atoms with van der Waals surface area (Å²) < 4.78 is 1.75. The van der Waals surface area contributed by atoms with Crippen LogP contribution in [0, 0.1) is 11.8 Å². The van der Waals surface area contributed by atoms with E-state index in [4.69, 9.17) is 5.73 Å². The Morgan fingerprint density at radius 3 is 2.83 bits per heavy atom. The van der Waals surface area contributed by atoms with Gasteiger partial charge >= 0.3 is 0 Å². The first-order valence-electron chi connectivity index (χ1n) is 9.23. The third kappa shape index (κ3) is 3.74. The monoisotopic (exact) mass is 401 g/mol. The fraction of sp³-hybridized carbons (Fsp3) is 0.200. The van der Waals surface area contributed by atoms with Crippen LogP contribution in [-0.2, 0) is 5.60 Å². The van der Waals surface area contributed by atoms with Gasteiger partial charge in [-0.2, -0.15) is 15.2 Å². The van der Waals surface area contributed by atoms with Gasteiger partial charge in [0, 0.05) is 18.3 Å². The van der Waals surface area contributed by atoms with Crippen LogP contribution >= 0.6 is 0 Å². The van der Waals surface area contributed by atoms with Crippen LogP contribution in [0.25, 0.3) is 17.0 Å². The van der Waals surface area contributed by atoms with E-state index >= 15 is 0 Å². The highest BCUT2D eigenvalue weighted by Crippen LogP contribution is 2.24. The van der Waals surface area contributed by atoms with Crippen molar-refractivity contribution in [3.63, 3.8) is 0 Å². The molecule has 1 atom stereocenters. The average molecular weight is 401 g/mol. The molecule has 3 aromatic heterocycles. The molecule has 0 aliphatic carbocycles. The number of hydrogen-bond donors (Lipinski definition) is 3. The minimum absolute atomic E-state index is 0.111. The molecule has 1 unspecified atom stereocenters. The van der Waals surface area contributed by atoms with Gasteiger partial charge in [0.25, 0.3) is 0 Å². The molecular weight excluding hydrogens is 382 g/mol. The molecule has 0 saturated carbocycles. The van der Waals surface area contributed by atoms with E-state index in [2.05, 4.69) is 47.3 Å². The van der Waals surface area contributed by atoms with Crippen LogP contribution in [0.4, 0.5) is 11.9 Å². The summed E-state index contributed by atoms with van der Waals surface area (Å²) in [4.78, 5) is 16.9. The largest absolute Gasteiger partial charge is 0.372 e. The van der Waals surface area contributed by atoms with Crippen LogP contribution in [0.15, 0.2) is 42.9 Å². The highest BCUT2D eigenvalue weighted by molar-refractivity contribution is 5.82. The van der Waals surface area contributed by atoms with Crippen LogP contribution in [0.3, 0.4) is 0 Å². The smallest absolute Gasteiger partial charge is 0.241 e. The summed E-state index contributed by atoms with van der Waals surface area (Å²) in [5.74, 6) is 6.89. The molecule has 0 aliphatic rings. The average Bonchev–Trinajstić information content (AvgIpc) is 3.10. The van der Waals surface area contributed by atoms with Crippen molar-refractivity contribution >= 4 is 22.9 Å². The fourth-order valence-electron chi connectivity index (χ4n) is 2.86. The number of benzene rings is 1. The second kappa shape index (κ2) is 7.73. The van der Waals surface area contributed by atoms with E-state index in [0.29, 0.717) is 29.7 Å². The Morgan fingerprint density at radius 1 is 1.23 bits per heavy atom. The molecule has 3 heterocycles. The molecule has 0 spiro atoms. The number of nitrogen functional groups attached to an aromatic ring is 1. The summed E-state index contributed by atoms with van der Waals surface area (Å²) in [6, 6.07) is 8.90. The van der Waals surface area contributed by atoms with Gasteiger partial charge in [-0.1, -0.05) is 11.8 Å². The third-order valence-corrected chi connectivity index (χ3v) is 4.29. The van der Waals surface area contributed by atoms with E-state index in [1.807, 2.05) is 25.1 Å². The number of rotatable bonds is 4. The quantitative estimate of drug-likeness (QED) is 0.431. The van der Waals surface area contributed by atoms with Gasteiger partial charge in [0.1, 0.15) is 12.0 Å². The molecule has 0 fully saturated rings. The van der Waals surface area contributed by atoms with Crippen molar-refractivity contribution in [3.05, 3.63) is 54.1 Å². The van der Waals surface area contributed by atoms with E-state index in [1.165, 1.54) is 12.5 Å². The second-order valence-electron chi connectivity index (χ2n) is 6.58. The Morgan fingerprint density at radius 2 is 2.10 bits per heavy atom. The molecule has 150 valence electrons. The van der Waals surface area contributed by atoms with E-state index in [-0.39, 0.29) is 5.95 Å². The van der Waals surface area contributed by atoms with Crippen molar-refractivity contribution < 1.29 is 5.11 Å². The maximum absolute atomic E-state index is 10.7. The van der Waals surface area contributed by atoms with Gasteiger partial charge in [0.2, 0.25) is 17.8 Å². The molecule has 0 amide bonds. The number of fused-ring (bicyclic) bond motifs is 1. The number of nitrogens with zero attached hydrogens (tertiary/aromatic N) is 7. The standard InChI is InChI=1S/C20H19N9O/c1-3-22-18-26-14-7-6-13(8-9-20(2,30)16-5-4-10-25-28-16)11-15(14)29(18)19-24-12-23-17(21)27-19/h4-7,10-12,30H,3H2,1-2H3,(H,22,26)(H2,21,23,24,27). The first kappa shape index (κ1) is 19.2. The Labute approximate surface area is 172 Å². The predicted octanol–water partition coefficient (Wildman–Crippen LogP) is 1.27. The summed E-state index contributed by atoms with van der Waals surface area (Å²) in [6.07, 6.45) is 2.89. The molecule has 4 aromatic rings. The molecule has 0 saturated heterocycles. The lowest BCUT2D eigenvalue weighted by atomic mass is 10.0. The summed E-state index contributed by atoms with van der Waals surface area (Å²) in [6.45, 7) is 4.21. The fourth-order valence-corrected chi connectivity index (χ4v) is 2.86. The van der Waals surface area contributed by atoms with Crippen molar-refractivity contribution in [1.82, 2.24) is 34.7 Å². The zero-order valence-electron chi connectivity index (χ0n) is 16.4. The van der Waals surface area contributed by atoms with E-state index < -0.39 is 5.60 Å². The number of aliphatic hydroxyl groups is 1. The second-order valence-corrected chi connectivity index (χ2v) is 6.58. The molecule has 0 bridgehead atoms. The number of nitrogens with two attached hydrogens (primary N) is 1. The topological polar surface area (TPSA) is 141 Å². The van der Waals surface area contributed by atoms with Crippen LogP contribution in [-0.4, -0.2) is 46.4 Å². The summed E-state index contributed by atoms with van der Waals surface area (Å²) in [5.41, 5.74) is 6.82. The van der Waals surface area contributed by atoms with E-state index in [1.54, 1.807) is 23.6 Å². The Balaban J connectivity index is 1.81. The van der Waals surface area contributed by atoms with Crippen LogP contribution in [0.2, 0.25) is 0 Å². The van der Waals surface area contributed by atoms with Gasteiger partial charge in [0.05, 0.1) is 11.0 Å². The van der Waals surface area contributed by atoms with Gasteiger partial charge in [-0.3, -0.25) is 0 Å². The third-order valence-electron chi connectivity index (χ3n) is 4.29.